The summed E-state index contributed by atoms with van der Waals surface area (Å²) < 4.78 is 0. The number of aryl methyl sites for hydroxylation is 2. The van der Waals surface area contributed by atoms with Crippen molar-refractivity contribution in [3.05, 3.63) is 169 Å². The first-order valence-corrected chi connectivity index (χ1v) is 16.5. The van der Waals surface area contributed by atoms with Crippen molar-refractivity contribution in [3.8, 4) is 45.3 Å². The van der Waals surface area contributed by atoms with Crippen molar-refractivity contribution in [1.82, 2.24) is 15.0 Å². The standard InChI is InChI=1S/C41H32N3P/c1-29-19-23-31(24-20-29)39-42-40(32-25-21-30(2)22-26-32)44-41(43-39)35-13-9-11-33(27-35)34-12-10-18-38(28-34)45(36-14-5-3-6-15-36)37-16-7-4-8-17-37/h3-28H,1-2H3. The molecule has 7 rings (SSSR count). The summed E-state index contributed by atoms with van der Waals surface area (Å²) in [6.07, 6.45) is 0. The van der Waals surface area contributed by atoms with Gasteiger partial charge in [0, 0.05) is 16.7 Å². The van der Waals surface area contributed by atoms with Gasteiger partial charge in [0.15, 0.2) is 17.5 Å². The van der Waals surface area contributed by atoms with E-state index in [2.05, 4.69) is 172 Å². The molecule has 3 nitrogen and oxygen atoms in total. The summed E-state index contributed by atoms with van der Waals surface area (Å²) in [5.74, 6) is 1.99. The minimum Gasteiger partial charge on any atom is -0.208 e. The highest BCUT2D eigenvalue weighted by Crippen LogP contribution is 2.35. The third-order valence-corrected chi connectivity index (χ3v) is 10.3. The van der Waals surface area contributed by atoms with Crippen LogP contribution in [0, 0.1) is 13.8 Å². The molecule has 0 spiro atoms. The molecule has 0 aliphatic rings. The summed E-state index contributed by atoms with van der Waals surface area (Å²) in [6, 6.07) is 55.8. The smallest absolute Gasteiger partial charge is 0.164 e. The monoisotopic (exact) mass is 597 g/mol. The molecule has 0 atom stereocenters. The summed E-state index contributed by atoms with van der Waals surface area (Å²) in [7, 11) is -0.702. The van der Waals surface area contributed by atoms with Crippen molar-refractivity contribution in [2.45, 2.75) is 13.8 Å². The van der Waals surface area contributed by atoms with Gasteiger partial charge in [0.1, 0.15) is 0 Å². The first kappa shape index (κ1) is 28.5. The van der Waals surface area contributed by atoms with Crippen molar-refractivity contribution < 1.29 is 0 Å². The van der Waals surface area contributed by atoms with Crippen LogP contribution in [0.2, 0.25) is 0 Å². The lowest BCUT2D eigenvalue weighted by atomic mass is 10.0. The number of rotatable bonds is 7. The average molecular weight is 598 g/mol. The quantitative estimate of drug-likeness (QED) is 0.172. The van der Waals surface area contributed by atoms with Crippen LogP contribution in [-0.2, 0) is 0 Å². The van der Waals surface area contributed by atoms with Gasteiger partial charge in [-0.2, -0.15) is 0 Å². The topological polar surface area (TPSA) is 38.7 Å². The van der Waals surface area contributed by atoms with Crippen molar-refractivity contribution in [2.24, 2.45) is 0 Å². The van der Waals surface area contributed by atoms with Gasteiger partial charge in [0.05, 0.1) is 0 Å². The lowest BCUT2D eigenvalue weighted by molar-refractivity contribution is 1.07. The maximum absolute atomic E-state index is 4.99. The van der Waals surface area contributed by atoms with E-state index in [4.69, 9.17) is 15.0 Å². The molecule has 0 radical (unpaired) electrons. The average Bonchev–Trinajstić information content (AvgIpc) is 3.10. The van der Waals surface area contributed by atoms with E-state index in [0.717, 1.165) is 22.3 Å². The third-order valence-electron chi connectivity index (χ3n) is 7.84. The van der Waals surface area contributed by atoms with E-state index in [1.54, 1.807) is 0 Å². The largest absolute Gasteiger partial charge is 0.208 e. The highest BCUT2D eigenvalue weighted by molar-refractivity contribution is 7.79. The van der Waals surface area contributed by atoms with E-state index in [1.807, 2.05) is 0 Å². The predicted molar refractivity (Wildman–Crippen MR) is 190 cm³/mol. The molecule has 0 N–H and O–H groups in total. The van der Waals surface area contributed by atoms with Crippen LogP contribution in [0.3, 0.4) is 0 Å². The molecule has 7 aromatic rings. The van der Waals surface area contributed by atoms with Crippen LogP contribution in [0.1, 0.15) is 11.1 Å². The summed E-state index contributed by atoms with van der Waals surface area (Å²) in [5.41, 5.74) is 7.58. The Bertz CT molecular complexity index is 1950. The number of benzene rings is 6. The second-order valence-electron chi connectivity index (χ2n) is 11.2. The molecule has 4 heteroatoms. The Labute approximate surface area is 266 Å². The molecule has 0 saturated heterocycles. The molecule has 0 bridgehead atoms. The molecule has 1 aromatic heterocycles. The van der Waals surface area contributed by atoms with Gasteiger partial charge in [0.25, 0.3) is 0 Å². The van der Waals surface area contributed by atoms with Crippen LogP contribution in [-0.4, -0.2) is 15.0 Å². The second-order valence-corrected chi connectivity index (χ2v) is 13.4. The predicted octanol–water partition coefficient (Wildman–Crippen LogP) is 8.91. The van der Waals surface area contributed by atoms with Crippen molar-refractivity contribution in [3.63, 3.8) is 0 Å². The maximum Gasteiger partial charge on any atom is 0.164 e. The first-order valence-electron chi connectivity index (χ1n) is 15.1. The van der Waals surface area contributed by atoms with Gasteiger partial charge in [-0.05, 0) is 60.9 Å². The summed E-state index contributed by atoms with van der Waals surface area (Å²) in [5, 5.41) is 3.98. The second kappa shape index (κ2) is 12.8. The highest BCUT2D eigenvalue weighted by atomic mass is 31.1. The third kappa shape index (κ3) is 6.36. The fourth-order valence-corrected chi connectivity index (χ4v) is 7.77. The highest BCUT2D eigenvalue weighted by Gasteiger charge is 2.17. The van der Waals surface area contributed by atoms with Crippen molar-refractivity contribution in [2.75, 3.05) is 0 Å². The van der Waals surface area contributed by atoms with Crippen LogP contribution in [0.25, 0.3) is 45.3 Å². The van der Waals surface area contributed by atoms with Crippen LogP contribution in [0.4, 0.5) is 0 Å². The number of nitrogens with zero attached hydrogens (tertiary/aromatic N) is 3. The number of hydrogen-bond donors (Lipinski definition) is 0. The Kier molecular flexibility index (Phi) is 8.10. The molecule has 45 heavy (non-hydrogen) atoms. The molecule has 0 aliphatic carbocycles. The summed E-state index contributed by atoms with van der Waals surface area (Å²) in [6.45, 7) is 4.17. The van der Waals surface area contributed by atoms with Gasteiger partial charge in [-0.3, -0.25) is 0 Å². The summed E-state index contributed by atoms with van der Waals surface area (Å²) >= 11 is 0. The lowest BCUT2D eigenvalue weighted by Crippen LogP contribution is -2.20. The van der Waals surface area contributed by atoms with E-state index < -0.39 is 7.92 Å². The SMILES string of the molecule is Cc1ccc(-c2nc(-c3ccc(C)cc3)nc(-c3cccc(-c4cccc(P(c5ccccc5)c5ccccc5)c4)c3)n2)cc1. The number of hydrogen-bond acceptors (Lipinski definition) is 3. The minimum atomic E-state index is -0.702. The van der Waals surface area contributed by atoms with Gasteiger partial charge in [-0.25, -0.2) is 15.0 Å². The molecule has 0 aliphatic heterocycles. The lowest BCUT2D eigenvalue weighted by Gasteiger charge is -2.20. The Morgan fingerprint density at radius 1 is 0.333 bits per heavy atom. The molecule has 0 saturated carbocycles. The zero-order valence-corrected chi connectivity index (χ0v) is 26.2. The van der Waals surface area contributed by atoms with Gasteiger partial charge in [-0.1, -0.05) is 157 Å². The Hall–Kier alpha value is -5.24. The molecule has 1 heterocycles. The zero-order valence-electron chi connectivity index (χ0n) is 25.3. The van der Waals surface area contributed by atoms with E-state index in [9.17, 15) is 0 Å². The fourth-order valence-electron chi connectivity index (χ4n) is 5.43. The number of aromatic nitrogens is 3. The van der Waals surface area contributed by atoms with Gasteiger partial charge in [-0.15, -0.1) is 0 Å². The van der Waals surface area contributed by atoms with Crippen LogP contribution < -0.4 is 15.9 Å². The van der Waals surface area contributed by atoms with Gasteiger partial charge in [0.2, 0.25) is 0 Å². The summed E-state index contributed by atoms with van der Waals surface area (Å²) in [4.78, 5) is 14.9. The molecular formula is C41H32N3P. The zero-order chi connectivity index (χ0) is 30.6. The van der Waals surface area contributed by atoms with E-state index in [-0.39, 0.29) is 0 Å². The molecule has 6 aromatic carbocycles. The normalized spacial score (nSPS) is 11.1. The van der Waals surface area contributed by atoms with E-state index >= 15 is 0 Å². The van der Waals surface area contributed by atoms with Crippen LogP contribution >= 0.6 is 7.92 Å². The molecular weight excluding hydrogens is 565 g/mol. The molecule has 216 valence electrons. The molecule has 0 amide bonds. The van der Waals surface area contributed by atoms with E-state index in [0.29, 0.717) is 17.5 Å². The Morgan fingerprint density at radius 3 is 1.24 bits per heavy atom. The Morgan fingerprint density at radius 2 is 0.733 bits per heavy atom. The first-order chi connectivity index (χ1) is 22.1. The molecule has 0 fully saturated rings. The van der Waals surface area contributed by atoms with Crippen LogP contribution in [0.5, 0.6) is 0 Å². The van der Waals surface area contributed by atoms with Crippen molar-refractivity contribution in [1.29, 1.82) is 0 Å². The fraction of sp³-hybridized carbons (Fsp3) is 0.0488. The minimum absolute atomic E-state index is 0.657. The van der Waals surface area contributed by atoms with Crippen molar-refractivity contribution >= 4 is 23.8 Å². The molecule has 0 unspecified atom stereocenters. The van der Waals surface area contributed by atoms with Crippen LogP contribution in [0.15, 0.2) is 158 Å². The van der Waals surface area contributed by atoms with E-state index in [1.165, 1.54) is 32.6 Å². The Balaban J connectivity index is 1.31. The van der Waals surface area contributed by atoms with Gasteiger partial charge >= 0.3 is 0 Å². The maximum atomic E-state index is 4.99. The van der Waals surface area contributed by atoms with Gasteiger partial charge < -0.3 is 0 Å².